The maximum atomic E-state index is 11.8. The zero-order valence-electron chi connectivity index (χ0n) is 27.7. The molecular weight excluding hydrogens is 626 g/mol. The Balaban J connectivity index is 4.52. The van der Waals surface area contributed by atoms with E-state index in [1.807, 2.05) is 0 Å². The van der Waals surface area contributed by atoms with Gasteiger partial charge in [0.1, 0.15) is 0 Å². The minimum absolute atomic E-state index is 0.0550. The van der Waals surface area contributed by atoms with Gasteiger partial charge in [0.05, 0.1) is 25.4 Å². The molecule has 0 aromatic rings. The van der Waals surface area contributed by atoms with E-state index in [-0.39, 0.29) is 95.9 Å². The predicted molar refractivity (Wildman–Crippen MR) is 164 cm³/mol. The van der Waals surface area contributed by atoms with Crippen molar-refractivity contribution in [1.82, 2.24) is 31.1 Å². The lowest BCUT2D eigenvalue weighted by molar-refractivity contribution is -0.160. The van der Waals surface area contributed by atoms with E-state index in [2.05, 4.69) is 16.0 Å². The number of carbonyl (C=O) groups is 6. The van der Waals surface area contributed by atoms with Crippen LogP contribution in [0.5, 0.6) is 0 Å². The number of nitrogens with two attached hydrogens (primary N) is 1. The first-order valence-corrected chi connectivity index (χ1v) is 15.4. The van der Waals surface area contributed by atoms with Gasteiger partial charge < -0.3 is 35.9 Å². The number of ether oxygens (including phenoxy) is 3. The Morgan fingerprint density at radius 2 is 0.787 bits per heavy atom. The lowest BCUT2D eigenvalue weighted by atomic mass is 10.1. The molecule has 19 nitrogen and oxygen atoms in total. The summed E-state index contributed by atoms with van der Waals surface area (Å²) in [5.41, 5.74) is 5.47. The fraction of sp³-hybridized carbons (Fsp3) is 0.786. The summed E-state index contributed by atoms with van der Waals surface area (Å²) in [6.45, 7) is 1.89. The van der Waals surface area contributed by atoms with Gasteiger partial charge in [0.25, 0.3) is 0 Å². The van der Waals surface area contributed by atoms with Crippen molar-refractivity contribution >= 4 is 35.4 Å². The Morgan fingerprint density at radius 1 is 0.532 bits per heavy atom. The van der Waals surface area contributed by atoms with E-state index in [1.54, 1.807) is 0 Å². The fourth-order valence-corrected chi connectivity index (χ4v) is 3.57. The van der Waals surface area contributed by atoms with Crippen LogP contribution in [-0.4, -0.2) is 152 Å². The molecule has 0 fully saturated rings. The highest BCUT2D eigenvalue weighted by Crippen LogP contribution is 2.06. The van der Waals surface area contributed by atoms with Gasteiger partial charge in [-0.3, -0.25) is 44.4 Å². The van der Waals surface area contributed by atoms with E-state index in [1.165, 1.54) is 21.1 Å². The largest absolute Gasteiger partial charge is 0.379 e. The van der Waals surface area contributed by atoms with Crippen molar-refractivity contribution in [2.75, 3.05) is 80.4 Å². The van der Waals surface area contributed by atoms with Gasteiger partial charge in [0.2, 0.25) is 35.4 Å². The topological polar surface area (TPSA) is 263 Å². The van der Waals surface area contributed by atoms with E-state index in [9.17, 15) is 28.8 Å². The number of rotatable bonds is 27. The summed E-state index contributed by atoms with van der Waals surface area (Å²) in [5, 5.41) is 36.4. The molecule has 272 valence electrons. The van der Waals surface area contributed by atoms with Crippen LogP contribution in [0.4, 0.5) is 0 Å². The first-order valence-electron chi connectivity index (χ1n) is 15.4. The van der Waals surface area contributed by atoms with Gasteiger partial charge in [-0.1, -0.05) is 0 Å². The van der Waals surface area contributed by atoms with Crippen molar-refractivity contribution in [2.45, 2.75) is 63.3 Å². The van der Waals surface area contributed by atoms with Crippen molar-refractivity contribution in [3.63, 3.8) is 0 Å². The van der Waals surface area contributed by atoms with Gasteiger partial charge in [-0.25, -0.2) is 15.2 Å². The number of nitrogens with zero attached hydrogens (tertiary/aromatic N) is 3. The molecule has 0 saturated heterocycles. The minimum Gasteiger partial charge on any atom is -0.379 e. The highest BCUT2D eigenvalue weighted by atomic mass is 16.5. The van der Waals surface area contributed by atoms with Crippen LogP contribution in [0.2, 0.25) is 0 Å². The molecule has 19 heteroatoms. The van der Waals surface area contributed by atoms with Gasteiger partial charge in [0, 0.05) is 99.1 Å². The van der Waals surface area contributed by atoms with E-state index in [4.69, 9.17) is 35.6 Å². The summed E-state index contributed by atoms with van der Waals surface area (Å²) < 4.78 is 17.1. The van der Waals surface area contributed by atoms with Crippen LogP contribution in [0.3, 0.4) is 0 Å². The summed E-state index contributed by atoms with van der Waals surface area (Å²) in [5.74, 6) is -2.70. The maximum Gasteiger partial charge on any atom is 0.246 e. The lowest BCUT2D eigenvalue weighted by Gasteiger charge is -2.29. The summed E-state index contributed by atoms with van der Waals surface area (Å²) >= 11 is 0. The van der Waals surface area contributed by atoms with E-state index < -0.39 is 23.3 Å². The normalized spacial score (nSPS) is 11.0. The van der Waals surface area contributed by atoms with Gasteiger partial charge >= 0.3 is 0 Å². The number of hydrogen-bond acceptors (Lipinski definition) is 13. The van der Waals surface area contributed by atoms with E-state index >= 15 is 0 Å². The Kier molecular flexibility index (Phi) is 23.7. The molecular formula is C28H53N7O12. The Bertz CT molecular complexity index is 849. The number of hydrogen-bond donors (Lipinski definition) is 7. The second kappa shape index (κ2) is 25.6. The van der Waals surface area contributed by atoms with Crippen LogP contribution in [0.1, 0.15) is 57.8 Å². The van der Waals surface area contributed by atoms with Crippen molar-refractivity contribution in [3.05, 3.63) is 0 Å². The molecule has 0 aliphatic rings. The minimum atomic E-state index is -1.04. The molecule has 0 aliphatic heterocycles. The summed E-state index contributed by atoms with van der Waals surface area (Å²) in [6.07, 6.45) is 0.900. The number of nitrogens with one attached hydrogen (secondary N) is 3. The quantitative estimate of drug-likeness (QED) is 0.0286. The zero-order valence-corrected chi connectivity index (χ0v) is 27.7. The highest BCUT2D eigenvalue weighted by Gasteiger charge is 2.26. The molecule has 6 amide bonds. The summed E-state index contributed by atoms with van der Waals surface area (Å²) in [6, 6.07) is 0. The third-order valence-electron chi connectivity index (χ3n) is 6.31. The maximum absolute atomic E-state index is 11.8. The standard InChI is InChI=1S/C28H53N7O12/c1-33(42)25(39)10-7-22(36)30-13-4-16-45-19-28(29,20-46-17-5-14-31-23(37)8-11-26(40)34(2)43)21-47-18-6-15-32-24(38)9-12-27(41)35(3)44/h42-44H,4-21,29H2,1-3H3,(H,30,36)(H,31,37)(H,32,38). The second-order valence-electron chi connectivity index (χ2n) is 10.9. The summed E-state index contributed by atoms with van der Waals surface area (Å²) in [7, 11) is 3.56. The third-order valence-corrected chi connectivity index (χ3v) is 6.31. The van der Waals surface area contributed by atoms with Crippen molar-refractivity contribution in [1.29, 1.82) is 0 Å². The van der Waals surface area contributed by atoms with Crippen molar-refractivity contribution in [3.8, 4) is 0 Å². The van der Waals surface area contributed by atoms with Crippen LogP contribution in [-0.2, 0) is 43.0 Å². The number of amides is 6. The monoisotopic (exact) mass is 679 g/mol. The molecule has 0 radical (unpaired) electrons. The smallest absolute Gasteiger partial charge is 0.246 e. The van der Waals surface area contributed by atoms with Crippen molar-refractivity contribution < 1.29 is 58.6 Å². The first kappa shape index (κ1) is 43.5. The molecule has 0 atom stereocenters. The average molecular weight is 680 g/mol. The Morgan fingerprint density at radius 3 is 1.02 bits per heavy atom. The molecule has 0 aromatic carbocycles. The van der Waals surface area contributed by atoms with Crippen LogP contribution >= 0.6 is 0 Å². The van der Waals surface area contributed by atoms with Crippen LogP contribution in [0.25, 0.3) is 0 Å². The molecule has 0 aromatic heterocycles. The second-order valence-corrected chi connectivity index (χ2v) is 10.9. The number of hydroxylamine groups is 6. The molecule has 0 heterocycles. The molecule has 47 heavy (non-hydrogen) atoms. The predicted octanol–water partition coefficient (Wildman–Crippen LogP) is -1.86. The van der Waals surface area contributed by atoms with Crippen LogP contribution in [0, 0.1) is 0 Å². The fourth-order valence-electron chi connectivity index (χ4n) is 3.57. The van der Waals surface area contributed by atoms with E-state index in [0.717, 1.165) is 0 Å². The van der Waals surface area contributed by atoms with Crippen LogP contribution < -0.4 is 21.7 Å². The van der Waals surface area contributed by atoms with Gasteiger partial charge in [-0.05, 0) is 19.3 Å². The molecule has 0 aliphatic carbocycles. The third kappa shape index (κ3) is 24.4. The summed E-state index contributed by atoms with van der Waals surface area (Å²) in [4.78, 5) is 69.6. The number of carbonyl (C=O) groups excluding carboxylic acids is 6. The molecule has 0 unspecified atom stereocenters. The molecule has 0 saturated carbocycles. The van der Waals surface area contributed by atoms with E-state index in [0.29, 0.717) is 54.1 Å². The average Bonchev–Trinajstić information content (AvgIpc) is 3.02. The SMILES string of the molecule is CN(O)C(=O)CCC(=O)NCCCOCC(N)(COCCCNC(=O)CCC(=O)N(C)O)COCCCNC(=O)CCC(=O)N(C)O. The molecule has 0 bridgehead atoms. The molecule has 8 N–H and O–H groups in total. The van der Waals surface area contributed by atoms with Crippen LogP contribution in [0.15, 0.2) is 0 Å². The van der Waals surface area contributed by atoms with Gasteiger partial charge in [-0.15, -0.1) is 0 Å². The Labute approximate surface area is 274 Å². The molecule has 0 spiro atoms. The zero-order chi connectivity index (χ0) is 35.7. The van der Waals surface area contributed by atoms with Gasteiger partial charge in [0.15, 0.2) is 0 Å². The lowest BCUT2D eigenvalue weighted by Crippen LogP contribution is -2.53. The Hall–Kier alpha value is -3.46. The van der Waals surface area contributed by atoms with Gasteiger partial charge in [-0.2, -0.15) is 0 Å². The molecule has 0 rings (SSSR count). The van der Waals surface area contributed by atoms with Crippen molar-refractivity contribution in [2.24, 2.45) is 5.73 Å². The first-order chi connectivity index (χ1) is 22.2. The highest BCUT2D eigenvalue weighted by molar-refractivity contribution is 5.84.